The van der Waals surface area contributed by atoms with Crippen molar-refractivity contribution in [1.82, 2.24) is 0 Å². The van der Waals surface area contributed by atoms with Crippen LogP contribution >= 0.6 is 0 Å². The van der Waals surface area contributed by atoms with Crippen LogP contribution in [0.1, 0.15) is 19.8 Å². The van der Waals surface area contributed by atoms with Crippen molar-refractivity contribution >= 4 is 21.9 Å². The van der Waals surface area contributed by atoms with Crippen LogP contribution < -0.4 is 4.74 Å². The Labute approximate surface area is 119 Å². The Morgan fingerprint density at radius 2 is 1.71 bits per heavy atom. The topological polar surface area (TPSA) is 42.6 Å². The predicted molar refractivity (Wildman–Crippen MR) is 75.7 cm³/mol. The number of benzene rings is 2. The summed E-state index contributed by atoms with van der Waals surface area (Å²) in [6.45, 7) is 2.42. The lowest BCUT2D eigenvalue weighted by Gasteiger charge is -2.06. The average Bonchev–Trinajstić information content (AvgIpc) is 2.86. The molecular weight excluding hydrogens is 278 g/mol. The lowest BCUT2D eigenvalue weighted by molar-refractivity contribution is 0.294. The summed E-state index contributed by atoms with van der Waals surface area (Å²) in [5, 5.41) is 10.2. The Kier molecular flexibility index (Phi) is 3.41. The number of furan rings is 1. The molecule has 1 N–H and O–H groups in total. The van der Waals surface area contributed by atoms with Gasteiger partial charge in [0.25, 0.3) is 0 Å². The zero-order valence-corrected chi connectivity index (χ0v) is 11.5. The summed E-state index contributed by atoms with van der Waals surface area (Å²) < 4.78 is 38.8. The molecule has 3 aromatic rings. The Bertz CT molecular complexity index is 808. The van der Waals surface area contributed by atoms with Crippen molar-refractivity contribution in [3.05, 3.63) is 35.9 Å². The molecule has 5 heteroatoms. The van der Waals surface area contributed by atoms with Crippen LogP contribution in [0.4, 0.5) is 8.78 Å². The van der Waals surface area contributed by atoms with Crippen molar-refractivity contribution < 1.29 is 23.0 Å². The summed E-state index contributed by atoms with van der Waals surface area (Å²) in [6.07, 6.45) is 1.76. The van der Waals surface area contributed by atoms with Crippen LogP contribution in [0.25, 0.3) is 21.9 Å². The molecule has 0 atom stereocenters. The maximum atomic E-state index is 14.4. The summed E-state index contributed by atoms with van der Waals surface area (Å²) in [6, 6.07) is 5.85. The van der Waals surface area contributed by atoms with Crippen LogP contribution in [0, 0.1) is 11.6 Å². The number of phenolic OH excluding ortho intramolecular Hbond substituents is 1. The average molecular weight is 292 g/mol. The van der Waals surface area contributed by atoms with Crippen LogP contribution in [0.2, 0.25) is 0 Å². The van der Waals surface area contributed by atoms with E-state index in [0.717, 1.165) is 12.8 Å². The molecule has 0 aliphatic carbocycles. The number of rotatable bonds is 4. The molecule has 3 nitrogen and oxygen atoms in total. The molecule has 2 aromatic carbocycles. The van der Waals surface area contributed by atoms with Crippen LogP contribution in [-0.2, 0) is 0 Å². The van der Waals surface area contributed by atoms with E-state index >= 15 is 0 Å². The Morgan fingerprint density at radius 3 is 2.43 bits per heavy atom. The van der Waals surface area contributed by atoms with Gasteiger partial charge < -0.3 is 14.3 Å². The van der Waals surface area contributed by atoms with Crippen molar-refractivity contribution in [2.24, 2.45) is 0 Å². The second-order valence-electron chi connectivity index (χ2n) is 4.83. The number of ether oxygens (including phenoxy) is 1. The number of hydrogen-bond acceptors (Lipinski definition) is 3. The second kappa shape index (κ2) is 5.24. The molecule has 1 heterocycles. The fourth-order valence-corrected chi connectivity index (χ4v) is 2.25. The van der Waals surface area contributed by atoms with Gasteiger partial charge in [0, 0.05) is 10.8 Å². The molecule has 0 bridgehead atoms. The lowest BCUT2D eigenvalue weighted by Crippen LogP contribution is -1.98. The summed E-state index contributed by atoms with van der Waals surface area (Å²) >= 11 is 0. The number of aromatic hydroxyl groups is 1. The summed E-state index contributed by atoms with van der Waals surface area (Å²) in [5.74, 6) is -1.99. The maximum Gasteiger partial charge on any atom is 0.208 e. The van der Waals surface area contributed by atoms with E-state index in [4.69, 9.17) is 9.15 Å². The molecular formula is C16H14F2O3. The molecule has 1 aromatic heterocycles. The number of fused-ring (bicyclic) bond motifs is 3. The van der Waals surface area contributed by atoms with Gasteiger partial charge in [0.2, 0.25) is 11.6 Å². The normalized spacial score (nSPS) is 11.4. The van der Waals surface area contributed by atoms with E-state index in [0.29, 0.717) is 17.4 Å². The van der Waals surface area contributed by atoms with Gasteiger partial charge >= 0.3 is 0 Å². The summed E-state index contributed by atoms with van der Waals surface area (Å²) in [7, 11) is 0. The highest BCUT2D eigenvalue weighted by Crippen LogP contribution is 2.37. The van der Waals surface area contributed by atoms with E-state index < -0.39 is 17.4 Å². The van der Waals surface area contributed by atoms with E-state index in [1.165, 1.54) is 18.2 Å². The van der Waals surface area contributed by atoms with Gasteiger partial charge in [-0.1, -0.05) is 13.3 Å². The van der Waals surface area contributed by atoms with E-state index in [1.54, 1.807) is 6.07 Å². The molecule has 0 aliphatic heterocycles. The summed E-state index contributed by atoms with van der Waals surface area (Å²) in [4.78, 5) is 0. The van der Waals surface area contributed by atoms with E-state index in [2.05, 4.69) is 0 Å². The first kappa shape index (κ1) is 13.7. The molecule has 0 amide bonds. The van der Waals surface area contributed by atoms with Crippen molar-refractivity contribution in [2.45, 2.75) is 19.8 Å². The zero-order chi connectivity index (χ0) is 15.0. The van der Waals surface area contributed by atoms with E-state index in [9.17, 15) is 13.9 Å². The zero-order valence-electron chi connectivity index (χ0n) is 11.5. The molecule has 0 aliphatic rings. The van der Waals surface area contributed by atoms with Gasteiger partial charge in [-0.2, -0.15) is 8.78 Å². The number of halogens is 2. The number of phenols is 1. The van der Waals surface area contributed by atoms with Crippen LogP contribution in [0.15, 0.2) is 28.7 Å². The van der Waals surface area contributed by atoms with Crippen molar-refractivity contribution in [2.75, 3.05) is 6.61 Å². The van der Waals surface area contributed by atoms with Crippen molar-refractivity contribution in [1.29, 1.82) is 0 Å². The largest absolute Gasteiger partial charge is 0.505 e. The Balaban J connectivity index is 2.15. The van der Waals surface area contributed by atoms with Gasteiger partial charge in [0.05, 0.1) is 6.61 Å². The third kappa shape index (κ3) is 2.18. The van der Waals surface area contributed by atoms with E-state index in [1.807, 2.05) is 6.92 Å². The first-order valence-electron chi connectivity index (χ1n) is 6.78. The quantitative estimate of drug-likeness (QED) is 0.706. The standard InChI is InChI=1S/C16H14F2O3/c1-2-3-8-20-12-7-5-10-9-4-6-11(19)13(17)15(9)21-16(10)14(12)18/h4-7,19H,2-3,8H2,1H3. The minimum absolute atomic E-state index is 0.0662. The molecule has 21 heavy (non-hydrogen) atoms. The molecule has 0 radical (unpaired) electrons. The van der Waals surface area contributed by atoms with Gasteiger partial charge in [-0.3, -0.25) is 0 Å². The first-order chi connectivity index (χ1) is 10.1. The van der Waals surface area contributed by atoms with Gasteiger partial charge in [0.15, 0.2) is 22.7 Å². The highest BCUT2D eigenvalue weighted by atomic mass is 19.1. The summed E-state index contributed by atoms with van der Waals surface area (Å²) in [5.41, 5.74) is -0.224. The van der Waals surface area contributed by atoms with Crippen LogP contribution in [-0.4, -0.2) is 11.7 Å². The van der Waals surface area contributed by atoms with E-state index in [-0.39, 0.29) is 16.9 Å². The highest BCUT2D eigenvalue weighted by Gasteiger charge is 2.19. The maximum absolute atomic E-state index is 14.4. The molecule has 0 saturated carbocycles. The number of unbranched alkanes of at least 4 members (excludes halogenated alkanes) is 1. The van der Waals surface area contributed by atoms with Crippen molar-refractivity contribution in [3.8, 4) is 11.5 Å². The monoisotopic (exact) mass is 292 g/mol. The van der Waals surface area contributed by atoms with Gasteiger partial charge in [-0.05, 0) is 30.7 Å². The third-order valence-electron chi connectivity index (χ3n) is 3.39. The molecule has 0 fully saturated rings. The molecule has 3 rings (SSSR count). The lowest BCUT2D eigenvalue weighted by atomic mass is 10.1. The highest BCUT2D eigenvalue weighted by molar-refractivity contribution is 6.06. The third-order valence-corrected chi connectivity index (χ3v) is 3.39. The second-order valence-corrected chi connectivity index (χ2v) is 4.83. The molecule has 0 unspecified atom stereocenters. The Hall–Kier alpha value is -2.30. The first-order valence-corrected chi connectivity index (χ1v) is 6.78. The minimum Gasteiger partial charge on any atom is -0.505 e. The molecule has 110 valence electrons. The fourth-order valence-electron chi connectivity index (χ4n) is 2.25. The van der Waals surface area contributed by atoms with Gasteiger partial charge in [-0.25, -0.2) is 0 Å². The predicted octanol–water partition coefficient (Wildman–Crippen LogP) is 4.75. The van der Waals surface area contributed by atoms with Gasteiger partial charge in [0.1, 0.15) is 0 Å². The number of hydrogen-bond donors (Lipinski definition) is 1. The molecule has 0 saturated heterocycles. The van der Waals surface area contributed by atoms with Crippen molar-refractivity contribution in [3.63, 3.8) is 0 Å². The smallest absolute Gasteiger partial charge is 0.208 e. The molecule has 0 spiro atoms. The minimum atomic E-state index is -0.892. The Morgan fingerprint density at radius 1 is 1.05 bits per heavy atom. The van der Waals surface area contributed by atoms with Crippen LogP contribution in [0.3, 0.4) is 0 Å². The fraction of sp³-hybridized carbons (Fsp3) is 0.250. The SMILES string of the molecule is CCCCOc1ccc2c(oc3c(F)c(O)ccc32)c1F. The van der Waals surface area contributed by atoms with Crippen LogP contribution in [0.5, 0.6) is 11.5 Å². The van der Waals surface area contributed by atoms with Gasteiger partial charge in [-0.15, -0.1) is 0 Å².